The lowest BCUT2D eigenvalue weighted by atomic mass is 10.3. The van der Waals surface area contributed by atoms with Crippen LogP contribution in [-0.4, -0.2) is 15.1 Å². The molecule has 0 spiro atoms. The zero-order valence-electron chi connectivity index (χ0n) is 10.8. The average Bonchev–Trinajstić information content (AvgIpc) is 3.08. The molecule has 108 valence electrons. The average molecular weight is 339 g/mol. The Balaban J connectivity index is 1.61. The topological polar surface area (TPSA) is 77.8 Å². The van der Waals surface area contributed by atoms with Crippen LogP contribution in [0.1, 0.15) is 17.4 Å². The molecule has 2 heterocycles. The smallest absolute Gasteiger partial charge is 0.232 e. The second-order valence-corrected chi connectivity index (χ2v) is 6.49. The van der Waals surface area contributed by atoms with Crippen molar-refractivity contribution in [3.05, 3.63) is 52.1 Å². The number of hydrogen-bond acceptors (Lipinski definition) is 7. The molecule has 2 N–H and O–H groups in total. The summed E-state index contributed by atoms with van der Waals surface area (Å²) >= 11 is 9.07. The van der Waals surface area contributed by atoms with Gasteiger partial charge in [0.05, 0.1) is 22.9 Å². The van der Waals surface area contributed by atoms with Gasteiger partial charge < -0.3 is 10.3 Å². The Hall–Kier alpha value is -1.57. The Morgan fingerprint density at radius 1 is 1.29 bits per heavy atom. The van der Waals surface area contributed by atoms with Crippen molar-refractivity contribution in [3.63, 3.8) is 0 Å². The summed E-state index contributed by atoms with van der Waals surface area (Å²) in [7, 11) is 0. The van der Waals surface area contributed by atoms with Crippen molar-refractivity contribution < 1.29 is 4.52 Å². The maximum absolute atomic E-state index is 6.10. The Bertz CT molecular complexity index is 743. The number of rotatable bonds is 5. The summed E-state index contributed by atoms with van der Waals surface area (Å²) < 4.78 is 5.21. The van der Waals surface area contributed by atoms with Gasteiger partial charge >= 0.3 is 0 Å². The molecule has 0 saturated heterocycles. The van der Waals surface area contributed by atoms with E-state index >= 15 is 0 Å². The standard InChI is InChI=1S/C13H11ClN4OS2/c14-9-3-1-2-4-10(9)20-7-11-17-12(19-18-11)5-8-6-21-13(15)16-8/h1-4,6H,5,7H2,(H2,15,16). The normalized spacial score (nSPS) is 10.9. The lowest BCUT2D eigenvalue weighted by Crippen LogP contribution is -1.91. The molecule has 0 radical (unpaired) electrons. The van der Waals surface area contributed by atoms with Crippen LogP contribution < -0.4 is 5.73 Å². The van der Waals surface area contributed by atoms with Crippen molar-refractivity contribution in [2.45, 2.75) is 17.1 Å². The van der Waals surface area contributed by atoms with Gasteiger partial charge in [-0.05, 0) is 12.1 Å². The number of aromatic nitrogens is 3. The largest absolute Gasteiger partial charge is 0.375 e. The number of benzene rings is 1. The van der Waals surface area contributed by atoms with E-state index < -0.39 is 0 Å². The van der Waals surface area contributed by atoms with Gasteiger partial charge in [-0.2, -0.15) is 4.98 Å². The van der Waals surface area contributed by atoms with E-state index in [0.717, 1.165) is 15.6 Å². The van der Waals surface area contributed by atoms with E-state index in [1.54, 1.807) is 11.8 Å². The molecule has 8 heteroatoms. The fraction of sp³-hybridized carbons (Fsp3) is 0.154. The second-order valence-electron chi connectivity index (χ2n) is 4.18. The Morgan fingerprint density at radius 3 is 2.90 bits per heavy atom. The highest BCUT2D eigenvalue weighted by Crippen LogP contribution is 2.28. The lowest BCUT2D eigenvalue weighted by Gasteiger charge is -2.00. The van der Waals surface area contributed by atoms with Gasteiger partial charge in [0.2, 0.25) is 5.89 Å². The van der Waals surface area contributed by atoms with E-state index in [1.165, 1.54) is 11.3 Å². The molecule has 5 nitrogen and oxygen atoms in total. The number of halogens is 1. The predicted octanol–water partition coefficient (Wildman–Crippen LogP) is 3.64. The van der Waals surface area contributed by atoms with E-state index in [-0.39, 0.29) is 0 Å². The minimum Gasteiger partial charge on any atom is -0.375 e. The molecule has 0 fully saturated rings. The lowest BCUT2D eigenvalue weighted by molar-refractivity contribution is 0.380. The van der Waals surface area contributed by atoms with Crippen LogP contribution in [0.4, 0.5) is 5.13 Å². The van der Waals surface area contributed by atoms with Crippen LogP contribution in [-0.2, 0) is 12.2 Å². The summed E-state index contributed by atoms with van der Waals surface area (Å²) in [5.41, 5.74) is 6.43. The van der Waals surface area contributed by atoms with E-state index in [9.17, 15) is 0 Å². The minimum absolute atomic E-state index is 0.497. The molecule has 0 saturated carbocycles. The van der Waals surface area contributed by atoms with Gasteiger partial charge in [0.25, 0.3) is 0 Å². The molecular formula is C13H11ClN4OS2. The summed E-state index contributed by atoms with van der Waals surface area (Å²) in [5, 5.41) is 7.11. The fourth-order valence-electron chi connectivity index (χ4n) is 1.68. The van der Waals surface area contributed by atoms with E-state index in [1.807, 2.05) is 29.6 Å². The molecule has 0 bridgehead atoms. The first-order valence-electron chi connectivity index (χ1n) is 6.09. The van der Waals surface area contributed by atoms with Gasteiger partial charge in [-0.15, -0.1) is 23.1 Å². The molecule has 2 aromatic heterocycles. The Morgan fingerprint density at radius 2 is 2.14 bits per heavy atom. The van der Waals surface area contributed by atoms with Crippen molar-refractivity contribution in [1.82, 2.24) is 15.1 Å². The number of hydrogen-bond donors (Lipinski definition) is 1. The molecule has 0 aliphatic carbocycles. The van der Waals surface area contributed by atoms with Crippen molar-refractivity contribution in [3.8, 4) is 0 Å². The van der Waals surface area contributed by atoms with Crippen LogP contribution in [0.25, 0.3) is 0 Å². The van der Waals surface area contributed by atoms with Crippen LogP contribution in [0, 0.1) is 0 Å². The first kappa shape index (κ1) is 14.4. The van der Waals surface area contributed by atoms with Gasteiger partial charge in [0.15, 0.2) is 11.0 Å². The van der Waals surface area contributed by atoms with Gasteiger partial charge in [-0.1, -0.05) is 28.9 Å². The molecular weight excluding hydrogens is 328 g/mol. The number of thiazole rings is 1. The van der Waals surface area contributed by atoms with Crippen LogP contribution in [0.2, 0.25) is 5.02 Å². The minimum atomic E-state index is 0.497. The quantitative estimate of drug-likeness (QED) is 0.715. The van der Waals surface area contributed by atoms with E-state index in [4.69, 9.17) is 21.9 Å². The van der Waals surface area contributed by atoms with Gasteiger partial charge in [-0.3, -0.25) is 0 Å². The summed E-state index contributed by atoms with van der Waals surface area (Å²) in [6.07, 6.45) is 0.497. The number of nitrogens with two attached hydrogens (primary N) is 1. The van der Waals surface area contributed by atoms with E-state index in [0.29, 0.717) is 29.0 Å². The first-order chi connectivity index (χ1) is 10.2. The number of nitrogens with zero attached hydrogens (tertiary/aromatic N) is 3. The molecule has 0 aliphatic heterocycles. The van der Waals surface area contributed by atoms with Crippen LogP contribution in [0.3, 0.4) is 0 Å². The van der Waals surface area contributed by atoms with Crippen molar-refractivity contribution >= 4 is 39.8 Å². The van der Waals surface area contributed by atoms with Gasteiger partial charge in [0.1, 0.15) is 0 Å². The summed E-state index contributed by atoms with van der Waals surface area (Å²) in [5.74, 6) is 1.78. The summed E-state index contributed by atoms with van der Waals surface area (Å²) in [6, 6.07) is 7.67. The van der Waals surface area contributed by atoms with Crippen LogP contribution in [0.15, 0.2) is 39.1 Å². The van der Waals surface area contributed by atoms with Crippen LogP contribution >= 0.6 is 34.7 Å². The molecule has 21 heavy (non-hydrogen) atoms. The zero-order chi connectivity index (χ0) is 14.7. The molecule has 3 rings (SSSR count). The first-order valence-corrected chi connectivity index (χ1v) is 8.33. The Labute approximate surface area is 134 Å². The maximum Gasteiger partial charge on any atom is 0.232 e. The van der Waals surface area contributed by atoms with Crippen molar-refractivity contribution in [2.75, 3.05) is 5.73 Å². The molecule has 0 atom stereocenters. The predicted molar refractivity (Wildman–Crippen MR) is 84.6 cm³/mol. The van der Waals surface area contributed by atoms with Crippen LogP contribution in [0.5, 0.6) is 0 Å². The number of anilines is 1. The van der Waals surface area contributed by atoms with Crippen molar-refractivity contribution in [1.29, 1.82) is 0 Å². The maximum atomic E-state index is 6.10. The molecule has 0 aliphatic rings. The third-order valence-corrected chi connectivity index (χ3v) is 4.84. The Kier molecular flexibility index (Phi) is 4.42. The monoisotopic (exact) mass is 338 g/mol. The second kappa shape index (κ2) is 6.46. The van der Waals surface area contributed by atoms with Gasteiger partial charge in [-0.25, -0.2) is 4.98 Å². The highest BCUT2D eigenvalue weighted by molar-refractivity contribution is 7.98. The molecule has 1 aromatic carbocycles. The SMILES string of the molecule is Nc1nc(Cc2nc(CSc3ccccc3Cl)no2)cs1. The molecule has 3 aromatic rings. The van der Waals surface area contributed by atoms with Gasteiger partial charge in [0, 0.05) is 10.3 Å². The van der Waals surface area contributed by atoms with Crippen molar-refractivity contribution in [2.24, 2.45) is 0 Å². The zero-order valence-corrected chi connectivity index (χ0v) is 13.2. The molecule has 0 amide bonds. The number of nitrogen functional groups attached to an aromatic ring is 1. The van der Waals surface area contributed by atoms with E-state index in [2.05, 4.69) is 15.1 Å². The highest BCUT2D eigenvalue weighted by atomic mass is 35.5. The third kappa shape index (κ3) is 3.75. The summed E-state index contributed by atoms with van der Waals surface area (Å²) in [4.78, 5) is 9.51. The third-order valence-electron chi connectivity index (χ3n) is 2.61. The summed E-state index contributed by atoms with van der Waals surface area (Å²) in [6.45, 7) is 0. The fourth-order valence-corrected chi connectivity index (χ4v) is 3.33. The highest BCUT2D eigenvalue weighted by Gasteiger charge is 2.10. The number of thioether (sulfide) groups is 1. The molecule has 0 unspecified atom stereocenters.